The molecule has 5 nitrogen and oxygen atoms in total. The van der Waals surface area contributed by atoms with E-state index < -0.39 is 0 Å². The van der Waals surface area contributed by atoms with Crippen LogP contribution in [0.1, 0.15) is 5.69 Å². The first-order valence-electron chi connectivity index (χ1n) is 5.02. The van der Waals surface area contributed by atoms with E-state index in [1.807, 2.05) is 27.7 Å². The number of thiazole rings is 1. The van der Waals surface area contributed by atoms with Gasteiger partial charge in [-0.3, -0.25) is 4.40 Å². The first-order valence-corrected chi connectivity index (χ1v) is 5.96. The zero-order valence-corrected chi connectivity index (χ0v) is 9.37. The number of nitrogens with one attached hydrogen (secondary N) is 1. The summed E-state index contributed by atoms with van der Waals surface area (Å²) in [5.74, 6) is 0.839. The Hall–Kier alpha value is -1.66. The van der Waals surface area contributed by atoms with Gasteiger partial charge in [-0.2, -0.15) is 0 Å². The second-order valence-electron chi connectivity index (χ2n) is 3.52. The van der Waals surface area contributed by atoms with Crippen LogP contribution in [0.3, 0.4) is 0 Å². The Morgan fingerprint density at radius 3 is 3.12 bits per heavy atom. The van der Waals surface area contributed by atoms with E-state index in [4.69, 9.17) is 5.73 Å². The van der Waals surface area contributed by atoms with E-state index in [-0.39, 0.29) is 0 Å². The topological polar surface area (TPSA) is 72.0 Å². The van der Waals surface area contributed by atoms with E-state index in [1.54, 1.807) is 11.3 Å². The van der Waals surface area contributed by atoms with Crippen LogP contribution in [-0.2, 0) is 6.42 Å². The molecule has 3 rings (SSSR count). The third-order valence-corrected chi connectivity index (χ3v) is 3.07. The van der Waals surface area contributed by atoms with Gasteiger partial charge in [0.2, 0.25) is 5.78 Å². The van der Waals surface area contributed by atoms with Gasteiger partial charge in [0.05, 0.1) is 23.1 Å². The quantitative estimate of drug-likeness (QED) is 0.716. The van der Waals surface area contributed by atoms with Crippen LogP contribution >= 0.6 is 11.3 Å². The standard InChI is InChI=1S/C10H11N5S/c11-2-1-7-3-12-10-14-8(4-15(7)10)9-5-16-6-13-9/h3-6H,1-2,11H2,(H,12,14). The third-order valence-electron chi connectivity index (χ3n) is 2.49. The lowest BCUT2D eigenvalue weighted by molar-refractivity contribution is 0.908. The minimum atomic E-state index is 0.630. The number of hydrogen-bond donors (Lipinski definition) is 2. The minimum Gasteiger partial charge on any atom is -0.330 e. The van der Waals surface area contributed by atoms with Gasteiger partial charge < -0.3 is 10.7 Å². The Balaban J connectivity index is 2.09. The molecule has 3 N–H and O–H groups in total. The Morgan fingerprint density at radius 2 is 2.38 bits per heavy atom. The number of hydrogen-bond acceptors (Lipinski definition) is 4. The fourth-order valence-corrected chi connectivity index (χ4v) is 2.28. The molecule has 0 amide bonds. The maximum Gasteiger partial charge on any atom is 0.211 e. The summed E-state index contributed by atoms with van der Waals surface area (Å²) >= 11 is 1.58. The van der Waals surface area contributed by atoms with E-state index in [1.165, 1.54) is 0 Å². The summed E-state index contributed by atoms with van der Waals surface area (Å²) < 4.78 is 2.03. The molecule has 0 aromatic carbocycles. The maximum atomic E-state index is 5.55. The number of aromatic nitrogens is 4. The van der Waals surface area contributed by atoms with Crippen molar-refractivity contribution in [3.05, 3.63) is 29.0 Å². The number of H-pyrrole nitrogens is 1. The highest BCUT2D eigenvalue weighted by atomic mass is 32.1. The molecule has 0 aliphatic rings. The molecule has 0 atom stereocenters. The predicted octanol–water partition coefficient (Wildman–Crippen LogP) is 1.29. The van der Waals surface area contributed by atoms with Crippen molar-refractivity contribution in [3.63, 3.8) is 0 Å². The van der Waals surface area contributed by atoms with E-state index >= 15 is 0 Å². The molecule has 0 unspecified atom stereocenters. The molecule has 0 spiro atoms. The molecule has 3 aromatic heterocycles. The monoisotopic (exact) mass is 233 g/mol. The second kappa shape index (κ2) is 3.73. The van der Waals surface area contributed by atoms with E-state index in [2.05, 4.69) is 15.0 Å². The summed E-state index contributed by atoms with van der Waals surface area (Å²) in [6, 6.07) is 0. The molecule has 0 aliphatic heterocycles. The van der Waals surface area contributed by atoms with Gasteiger partial charge in [-0.25, -0.2) is 9.97 Å². The van der Waals surface area contributed by atoms with Crippen molar-refractivity contribution in [2.75, 3.05) is 6.54 Å². The molecule has 0 saturated carbocycles. The number of imidazole rings is 2. The number of aromatic amines is 1. The summed E-state index contributed by atoms with van der Waals surface area (Å²) in [6.45, 7) is 0.630. The average Bonchev–Trinajstić information content (AvgIpc) is 2.93. The minimum absolute atomic E-state index is 0.630. The zero-order valence-electron chi connectivity index (χ0n) is 8.55. The fourth-order valence-electron chi connectivity index (χ4n) is 1.72. The Kier molecular flexibility index (Phi) is 2.23. The van der Waals surface area contributed by atoms with Crippen molar-refractivity contribution in [2.45, 2.75) is 6.42 Å². The molecule has 82 valence electrons. The van der Waals surface area contributed by atoms with Gasteiger partial charge >= 0.3 is 0 Å². The highest BCUT2D eigenvalue weighted by Crippen LogP contribution is 2.19. The van der Waals surface area contributed by atoms with Crippen LogP contribution in [0, 0.1) is 0 Å². The van der Waals surface area contributed by atoms with Gasteiger partial charge in [-0.15, -0.1) is 11.3 Å². The SMILES string of the molecule is NCCc1cnc2[nH]c(-c3cscn3)cn12. The lowest BCUT2D eigenvalue weighted by Gasteiger charge is -1.93. The lowest BCUT2D eigenvalue weighted by Crippen LogP contribution is -2.04. The van der Waals surface area contributed by atoms with Crippen molar-refractivity contribution in [2.24, 2.45) is 5.73 Å². The highest BCUT2D eigenvalue weighted by molar-refractivity contribution is 7.07. The van der Waals surface area contributed by atoms with Gasteiger partial charge in [0.1, 0.15) is 0 Å². The van der Waals surface area contributed by atoms with Crippen molar-refractivity contribution in [3.8, 4) is 11.4 Å². The van der Waals surface area contributed by atoms with Crippen molar-refractivity contribution < 1.29 is 0 Å². The van der Waals surface area contributed by atoms with Crippen molar-refractivity contribution in [1.82, 2.24) is 19.4 Å². The number of fused-ring (bicyclic) bond motifs is 1. The summed E-state index contributed by atoms with van der Waals surface area (Å²) in [5, 5.41) is 2.01. The van der Waals surface area contributed by atoms with E-state index in [0.717, 1.165) is 29.3 Å². The molecule has 0 fully saturated rings. The van der Waals surface area contributed by atoms with Gasteiger partial charge in [0, 0.05) is 23.7 Å². The lowest BCUT2D eigenvalue weighted by atomic mass is 10.3. The van der Waals surface area contributed by atoms with E-state index in [0.29, 0.717) is 6.54 Å². The van der Waals surface area contributed by atoms with Gasteiger partial charge in [-0.05, 0) is 6.54 Å². The van der Waals surface area contributed by atoms with Crippen LogP contribution in [0.25, 0.3) is 17.2 Å². The van der Waals surface area contributed by atoms with E-state index in [9.17, 15) is 0 Å². The number of rotatable bonds is 3. The Morgan fingerprint density at radius 1 is 1.44 bits per heavy atom. The average molecular weight is 233 g/mol. The summed E-state index contributed by atoms with van der Waals surface area (Å²) in [7, 11) is 0. The molecular weight excluding hydrogens is 222 g/mol. The van der Waals surface area contributed by atoms with Crippen LogP contribution in [-0.4, -0.2) is 25.9 Å². The molecule has 16 heavy (non-hydrogen) atoms. The highest BCUT2D eigenvalue weighted by Gasteiger charge is 2.08. The molecule has 0 saturated heterocycles. The summed E-state index contributed by atoms with van der Waals surface area (Å²) in [5.41, 5.74) is 10.4. The molecule has 3 heterocycles. The molecular formula is C10H11N5S. The smallest absolute Gasteiger partial charge is 0.211 e. The van der Waals surface area contributed by atoms with Crippen LogP contribution in [0.5, 0.6) is 0 Å². The Labute approximate surface area is 96.0 Å². The van der Waals surface area contributed by atoms with Gasteiger partial charge in [0.25, 0.3) is 0 Å². The fraction of sp³-hybridized carbons (Fsp3) is 0.200. The normalized spacial score (nSPS) is 11.3. The molecule has 6 heteroatoms. The summed E-state index contributed by atoms with van der Waals surface area (Å²) in [4.78, 5) is 11.8. The number of nitrogens with zero attached hydrogens (tertiary/aromatic N) is 3. The van der Waals surface area contributed by atoms with Crippen LogP contribution in [0.4, 0.5) is 0 Å². The molecule has 0 radical (unpaired) electrons. The molecule has 0 bridgehead atoms. The van der Waals surface area contributed by atoms with Gasteiger partial charge in [0.15, 0.2) is 0 Å². The maximum absolute atomic E-state index is 5.55. The van der Waals surface area contributed by atoms with Crippen molar-refractivity contribution >= 4 is 17.1 Å². The Bertz CT molecular complexity index is 592. The first-order chi connectivity index (χ1) is 7.88. The molecule has 3 aromatic rings. The summed E-state index contributed by atoms with van der Waals surface area (Å²) in [6.07, 6.45) is 4.70. The largest absolute Gasteiger partial charge is 0.330 e. The number of nitrogens with two attached hydrogens (primary N) is 1. The van der Waals surface area contributed by atoms with Crippen LogP contribution in [0.15, 0.2) is 23.3 Å². The third kappa shape index (κ3) is 1.43. The van der Waals surface area contributed by atoms with Crippen molar-refractivity contribution in [1.29, 1.82) is 0 Å². The second-order valence-corrected chi connectivity index (χ2v) is 4.24. The molecule has 0 aliphatic carbocycles. The van der Waals surface area contributed by atoms with Crippen LogP contribution < -0.4 is 5.73 Å². The van der Waals surface area contributed by atoms with Crippen LogP contribution in [0.2, 0.25) is 0 Å². The zero-order chi connectivity index (χ0) is 11.0. The first kappa shape index (κ1) is 9.56. The predicted molar refractivity (Wildman–Crippen MR) is 63.4 cm³/mol. The van der Waals surface area contributed by atoms with Gasteiger partial charge in [-0.1, -0.05) is 0 Å².